The fourth-order valence-corrected chi connectivity index (χ4v) is 8.16. The first-order valence-electron chi connectivity index (χ1n) is 30.5. The van der Waals surface area contributed by atoms with Crippen LogP contribution in [0.25, 0.3) is 0 Å². The Hall–Kier alpha value is -4.19. The predicted octanol–water partition coefficient (Wildman–Crippen LogP) is 20.8. The van der Waals surface area contributed by atoms with Crippen LogP contribution in [-0.4, -0.2) is 37.2 Å². The van der Waals surface area contributed by atoms with Crippen molar-refractivity contribution in [2.75, 3.05) is 13.2 Å². The lowest BCUT2D eigenvalue weighted by Gasteiger charge is -2.18. The quantitative estimate of drug-likeness (QED) is 0.0261. The van der Waals surface area contributed by atoms with Crippen molar-refractivity contribution in [2.45, 2.75) is 277 Å². The Morgan fingerprint density at radius 2 is 0.527 bits per heavy atom. The maximum Gasteiger partial charge on any atom is 0.306 e. The fraction of sp³-hybridized carbons (Fsp3) is 0.662. The number of carbonyl (C=O) groups excluding carboxylic acids is 3. The first-order chi connectivity index (χ1) is 36.5. The summed E-state index contributed by atoms with van der Waals surface area (Å²) in [5, 5.41) is 0. The summed E-state index contributed by atoms with van der Waals surface area (Å²) in [6.45, 7) is 6.37. The maximum absolute atomic E-state index is 12.9. The molecule has 0 heterocycles. The highest BCUT2D eigenvalue weighted by atomic mass is 16.6. The summed E-state index contributed by atoms with van der Waals surface area (Å²) in [5.74, 6) is -0.921. The van der Waals surface area contributed by atoms with Crippen LogP contribution >= 0.6 is 0 Å². The fourth-order valence-electron chi connectivity index (χ4n) is 8.16. The van der Waals surface area contributed by atoms with Gasteiger partial charge in [0.1, 0.15) is 13.2 Å². The topological polar surface area (TPSA) is 78.9 Å². The Morgan fingerprint density at radius 1 is 0.284 bits per heavy atom. The number of unbranched alkanes of at least 4 members (excludes halogenated alkanes) is 23. The van der Waals surface area contributed by atoms with E-state index < -0.39 is 6.10 Å². The van der Waals surface area contributed by atoms with Gasteiger partial charge in [-0.1, -0.05) is 245 Å². The van der Waals surface area contributed by atoms with Gasteiger partial charge in [-0.2, -0.15) is 0 Å². The minimum Gasteiger partial charge on any atom is -0.462 e. The second-order valence-electron chi connectivity index (χ2n) is 19.8. The van der Waals surface area contributed by atoms with E-state index >= 15 is 0 Å². The Bertz CT molecular complexity index is 1550. The average Bonchev–Trinajstić information content (AvgIpc) is 3.40. The molecule has 6 nitrogen and oxygen atoms in total. The van der Waals surface area contributed by atoms with Crippen molar-refractivity contribution in [3.05, 3.63) is 122 Å². The van der Waals surface area contributed by atoms with Gasteiger partial charge in [0.05, 0.1) is 0 Å². The molecule has 0 aliphatic rings. The van der Waals surface area contributed by atoms with Crippen LogP contribution in [0.3, 0.4) is 0 Å². The second-order valence-corrected chi connectivity index (χ2v) is 19.8. The third-order valence-electron chi connectivity index (χ3n) is 12.7. The van der Waals surface area contributed by atoms with Gasteiger partial charge >= 0.3 is 17.9 Å². The molecule has 0 aromatic carbocycles. The van der Waals surface area contributed by atoms with Crippen LogP contribution in [0.2, 0.25) is 0 Å². The Labute approximate surface area is 456 Å². The number of allylic oxidation sites excluding steroid dienone is 20. The van der Waals surface area contributed by atoms with E-state index in [0.717, 1.165) is 141 Å². The Morgan fingerprint density at radius 3 is 0.838 bits per heavy atom. The van der Waals surface area contributed by atoms with Gasteiger partial charge in [-0.3, -0.25) is 14.4 Å². The molecule has 1 atom stereocenters. The minimum absolute atomic E-state index is 0.0918. The summed E-state index contributed by atoms with van der Waals surface area (Å²) in [6.07, 6.45) is 84.9. The van der Waals surface area contributed by atoms with Crippen molar-refractivity contribution in [1.29, 1.82) is 0 Å². The lowest BCUT2D eigenvalue weighted by molar-refractivity contribution is -0.167. The smallest absolute Gasteiger partial charge is 0.306 e. The summed E-state index contributed by atoms with van der Waals surface area (Å²) < 4.78 is 16.9. The summed E-state index contributed by atoms with van der Waals surface area (Å²) in [5.41, 5.74) is 0. The van der Waals surface area contributed by atoms with E-state index in [-0.39, 0.29) is 31.1 Å². The number of hydrogen-bond donors (Lipinski definition) is 0. The van der Waals surface area contributed by atoms with Crippen molar-refractivity contribution in [2.24, 2.45) is 0 Å². The van der Waals surface area contributed by atoms with Crippen LogP contribution in [0.5, 0.6) is 0 Å². The van der Waals surface area contributed by atoms with E-state index in [0.29, 0.717) is 19.3 Å². The van der Waals surface area contributed by atoms with Crippen molar-refractivity contribution in [3.8, 4) is 0 Å². The van der Waals surface area contributed by atoms with E-state index in [1.54, 1.807) is 0 Å². The molecule has 420 valence electrons. The number of rotatable bonds is 54. The summed E-state index contributed by atoms with van der Waals surface area (Å²) in [7, 11) is 0. The lowest BCUT2D eigenvalue weighted by Crippen LogP contribution is -2.30. The molecule has 0 amide bonds. The maximum atomic E-state index is 12.9. The zero-order valence-electron chi connectivity index (χ0n) is 48.1. The Balaban J connectivity index is 4.29. The summed E-state index contributed by atoms with van der Waals surface area (Å²) in [4.78, 5) is 38.2. The van der Waals surface area contributed by atoms with Crippen LogP contribution in [0, 0.1) is 0 Å². The highest BCUT2D eigenvalue weighted by Gasteiger charge is 2.19. The van der Waals surface area contributed by atoms with Gasteiger partial charge in [0.15, 0.2) is 6.10 Å². The molecule has 74 heavy (non-hydrogen) atoms. The summed E-state index contributed by atoms with van der Waals surface area (Å²) >= 11 is 0. The van der Waals surface area contributed by atoms with E-state index in [4.69, 9.17) is 14.2 Å². The molecule has 0 saturated carbocycles. The second kappa shape index (κ2) is 61.4. The van der Waals surface area contributed by atoms with E-state index in [1.807, 2.05) is 0 Å². The van der Waals surface area contributed by atoms with Crippen LogP contribution in [0.4, 0.5) is 0 Å². The van der Waals surface area contributed by atoms with Gasteiger partial charge in [0.25, 0.3) is 0 Å². The Kier molecular flexibility index (Phi) is 57.9. The average molecular weight is 1030 g/mol. The van der Waals surface area contributed by atoms with Crippen molar-refractivity contribution < 1.29 is 28.6 Å². The number of esters is 3. The van der Waals surface area contributed by atoms with Crippen molar-refractivity contribution >= 4 is 17.9 Å². The monoisotopic (exact) mass is 1020 g/mol. The molecule has 0 aliphatic heterocycles. The van der Waals surface area contributed by atoms with Crippen molar-refractivity contribution in [1.82, 2.24) is 0 Å². The van der Waals surface area contributed by atoms with Crippen molar-refractivity contribution in [3.63, 3.8) is 0 Å². The SMILES string of the molecule is CC/C=C\C/C=C\C/C=C\C/C=C\C/C=C\C/C=C\CCCCCCCCCCCCC(=O)OCC(COC(=O)CCCCCCC/C=C\CCCCC)OC(=O)CCCCCCC/C=C\C/C=C\C/C=C\CC. The molecule has 0 aromatic heterocycles. The molecule has 0 aromatic rings. The summed E-state index contributed by atoms with van der Waals surface area (Å²) in [6, 6.07) is 0. The third kappa shape index (κ3) is 58.7. The zero-order valence-corrected chi connectivity index (χ0v) is 48.1. The minimum atomic E-state index is -0.795. The van der Waals surface area contributed by atoms with Gasteiger partial charge in [-0.25, -0.2) is 0 Å². The molecule has 0 spiro atoms. The highest BCUT2D eigenvalue weighted by molar-refractivity contribution is 5.71. The first kappa shape index (κ1) is 69.8. The number of ether oxygens (including phenoxy) is 3. The van der Waals surface area contributed by atoms with Crippen LogP contribution in [-0.2, 0) is 28.6 Å². The molecular weight excluding hydrogens is 913 g/mol. The van der Waals surface area contributed by atoms with Gasteiger partial charge in [-0.05, 0) is 128 Å². The highest BCUT2D eigenvalue weighted by Crippen LogP contribution is 2.15. The van der Waals surface area contributed by atoms with Crippen LogP contribution < -0.4 is 0 Å². The van der Waals surface area contributed by atoms with Gasteiger partial charge in [-0.15, -0.1) is 0 Å². The van der Waals surface area contributed by atoms with Crippen LogP contribution in [0.15, 0.2) is 122 Å². The normalized spacial score (nSPS) is 13.0. The number of hydrogen-bond acceptors (Lipinski definition) is 6. The van der Waals surface area contributed by atoms with Gasteiger partial charge in [0, 0.05) is 19.3 Å². The lowest BCUT2D eigenvalue weighted by atomic mass is 10.1. The van der Waals surface area contributed by atoms with Gasteiger partial charge in [0.2, 0.25) is 0 Å². The predicted molar refractivity (Wildman–Crippen MR) is 320 cm³/mol. The molecular formula is C68H112O6. The molecule has 6 heteroatoms. The zero-order chi connectivity index (χ0) is 53.6. The standard InChI is InChI=1S/C68H112O6/c1-4-7-10-13-16-19-22-25-27-28-29-30-31-32-33-34-35-36-37-38-39-40-42-43-46-49-52-55-58-61-67(70)73-64-65(63-72-66(69)60-57-54-51-48-45-24-21-18-15-12-9-6-3)74-68(71)62-59-56-53-50-47-44-41-26-23-20-17-14-11-8-5-2/h7-8,10-11,16-21,25-27,29-30,32-33,35-36,41,65H,4-6,9,12-15,22-24,28,31,34,37-40,42-64H2,1-3H3/b10-7-,11-8-,19-16-,20-17-,21-18-,27-25-,30-29-,33-32-,36-35-,41-26-. The number of carbonyl (C=O) groups is 3. The molecule has 0 N–H and O–H groups in total. The molecule has 0 saturated heterocycles. The molecule has 0 fully saturated rings. The van der Waals surface area contributed by atoms with E-state index in [1.165, 1.54) is 89.9 Å². The van der Waals surface area contributed by atoms with E-state index in [9.17, 15) is 14.4 Å². The molecule has 1 unspecified atom stereocenters. The molecule has 0 rings (SSSR count). The van der Waals surface area contributed by atoms with Crippen LogP contribution in [0.1, 0.15) is 271 Å². The largest absolute Gasteiger partial charge is 0.462 e. The molecule has 0 radical (unpaired) electrons. The molecule has 0 aliphatic carbocycles. The third-order valence-corrected chi connectivity index (χ3v) is 12.7. The van der Waals surface area contributed by atoms with E-state index in [2.05, 4.69) is 142 Å². The van der Waals surface area contributed by atoms with Gasteiger partial charge < -0.3 is 14.2 Å². The molecule has 0 bridgehead atoms. The first-order valence-corrected chi connectivity index (χ1v) is 30.5.